The molecule has 1 aliphatic rings. The quantitative estimate of drug-likeness (QED) is 0.174. The van der Waals surface area contributed by atoms with Gasteiger partial charge in [0.2, 0.25) is 11.8 Å². The highest BCUT2D eigenvalue weighted by Crippen LogP contribution is 2.47. The lowest BCUT2D eigenvalue weighted by atomic mass is 9.61. The summed E-state index contributed by atoms with van der Waals surface area (Å²) >= 11 is 6.00. The van der Waals surface area contributed by atoms with Gasteiger partial charge in [-0.15, -0.1) is 0 Å². The second-order valence-corrected chi connectivity index (χ2v) is 13.0. The van der Waals surface area contributed by atoms with Crippen LogP contribution in [0.2, 0.25) is 5.02 Å². The van der Waals surface area contributed by atoms with Crippen LogP contribution in [-0.2, 0) is 21.0 Å². The van der Waals surface area contributed by atoms with Gasteiger partial charge in [-0.25, -0.2) is 0 Å². The number of rotatable bonds is 8. The predicted octanol–water partition coefficient (Wildman–Crippen LogP) is 7.47. The maximum absolute atomic E-state index is 14.2. The summed E-state index contributed by atoms with van der Waals surface area (Å²) < 4.78 is 5.97. The lowest BCUT2D eigenvalue weighted by Crippen LogP contribution is -2.56. The monoisotopic (exact) mass is 638 g/mol. The van der Waals surface area contributed by atoms with Crippen molar-refractivity contribution in [1.29, 1.82) is 0 Å². The molecular formula is C38H39ClN2O5. The summed E-state index contributed by atoms with van der Waals surface area (Å²) in [4.78, 5) is 42.0. The molecule has 0 bridgehead atoms. The summed E-state index contributed by atoms with van der Waals surface area (Å²) in [6, 6.07) is 25.8. The number of hydrogen-bond donors (Lipinski definition) is 3. The predicted molar refractivity (Wildman–Crippen MR) is 181 cm³/mol. The number of amides is 2. The van der Waals surface area contributed by atoms with Crippen molar-refractivity contribution in [3.63, 3.8) is 0 Å². The summed E-state index contributed by atoms with van der Waals surface area (Å²) in [6.45, 7) is 9.42. The molecule has 0 heterocycles. The van der Waals surface area contributed by atoms with Crippen LogP contribution in [0.15, 0.2) is 84.9 Å². The Labute approximate surface area is 275 Å². The maximum Gasteiger partial charge on any atom is 0.235 e. The SMILES string of the molecule is Cc1ccc(C)c(NC(=O)C2C(=O)CC(C)(O)C(C(=O)Nc3cc(C)ccc3C)C2c2ccc(OCc3ccc(Cl)cc3)cc2)c1. The van der Waals surface area contributed by atoms with Crippen LogP contribution in [0.25, 0.3) is 0 Å². The van der Waals surface area contributed by atoms with Crippen LogP contribution in [0.5, 0.6) is 5.75 Å². The average molecular weight is 639 g/mol. The van der Waals surface area contributed by atoms with Crippen LogP contribution in [0, 0.1) is 39.5 Å². The molecule has 4 aromatic carbocycles. The maximum atomic E-state index is 14.2. The van der Waals surface area contributed by atoms with Crippen molar-refractivity contribution in [3.05, 3.63) is 123 Å². The number of aryl methyl sites for hydroxylation is 4. The number of halogens is 1. The summed E-state index contributed by atoms with van der Waals surface area (Å²) in [6.07, 6.45) is -0.346. The van der Waals surface area contributed by atoms with E-state index >= 15 is 0 Å². The van der Waals surface area contributed by atoms with Crippen molar-refractivity contribution < 1.29 is 24.2 Å². The smallest absolute Gasteiger partial charge is 0.235 e. The fourth-order valence-corrected chi connectivity index (χ4v) is 6.31. The Kier molecular flexibility index (Phi) is 9.66. The van der Waals surface area contributed by atoms with Gasteiger partial charge in [0.15, 0.2) is 0 Å². The van der Waals surface area contributed by atoms with Crippen LogP contribution in [-0.4, -0.2) is 28.3 Å². The van der Waals surface area contributed by atoms with Gasteiger partial charge in [-0.3, -0.25) is 14.4 Å². The number of ketones is 1. The average Bonchev–Trinajstić information content (AvgIpc) is 3.00. The highest BCUT2D eigenvalue weighted by atomic mass is 35.5. The molecule has 3 N–H and O–H groups in total. The van der Waals surface area contributed by atoms with E-state index in [0.29, 0.717) is 34.3 Å². The lowest BCUT2D eigenvalue weighted by molar-refractivity contribution is -0.150. The van der Waals surface area contributed by atoms with Crippen LogP contribution < -0.4 is 15.4 Å². The molecule has 1 fully saturated rings. The first-order valence-electron chi connectivity index (χ1n) is 15.3. The third-order valence-corrected chi connectivity index (χ3v) is 8.97. The zero-order valence-electron chi connectivity index (χ0n) is 26.7. The normalized spacial score (nSPS) is 21.0. The summed E-state index contributed by atoms with van der Waals surface area (Å²) in [5.74, 6) is -4.17. The van der Waals surface area contributed by atoms with E-state index in [2.05, 4.69) is 10.6 Å². The minimum Gasteiger partial charge on any atom is -0.489 e. The van der Waals surface area contributed by atoms with Crippen LogP contribution >= 0.6 is 11.6 Å². The van der Waals surface area contributed by atoms with E-state index in [1.54, 1.807) is 36.4 Å². The number of ether oxygens (including phenoxy) is 1. The van der Waals surface area contributed by atoms with Crippen LogP contribution in [0.4, 0.5) is 11.4 Å². The Morgan fingerprint density at radius 3 is 1.93 bits per heavy atom. The van der Waals surface area contributed by atoms with Gasteiger partial charge in [0, 0.05) is 28.7 Å². The molecule has 0 aliphatic heterocycles. The number of hydrogen-bond acceptors (Lipinski definition) is 5. The molecule has 238 valence electrons. The number of nitrogens with one attached hydrogen (secondary N) is 2. The van der Waals surface area contributed by atoms with Crippen molar-refractivity contribution in [2.24, 2.45) is 11.8 Å². The fourth-order valence-electron chi connectivity index (χ4n) is 6.19. The molecule has 1 aliphatic carbocycles. The highest BCUT2D eigenvalue weighted by molar-refractivity contribution is 6.30. The van der Waals surface area contributed by atoms with Crippen molar-refractivity contribution in [2.45, 2.75) is 59.2 Å². The molecule has 0 radical (unpaired) electrons. The number of aliphatic hydroxyl groups is 1. The molecule has 8 heteroatoms. The molecule has 4 unspecified atom stereocenters. The molecule has 0 saturated heterocycles. The topological polar surface area (TPSA) is 105 Å². The summed E-state index contributed by atoms with van der Waals surface area (Å²) in [5.41, 5.74) is 4.60. The Balaban J connectivity index is 1.52. The van der Waals surface area contributed by atoms with E-state index in [1.807, 2.05) is 76.2 Å². The zero-order valence-corrected chi connectivity index (χ0v) is 27.4. The van der Waals surface area contributed by atoms with Crippen molar-refractivity contribution in [2.75, 3.05) is 10.6 Å². The second-order valence-electron chi connectivity index (χ2n) is 12.6. The molecule has 4 atom stereocenters. The first-order chi connectivity index (χ1) is 21.8. The largest absolute Gasteiger partial charge is 0.489 e. The van der Waals surface area contributed by atoms with Crippen molar-refractivity contribution in [1.82, 2.24) is 0 Å². The first kappa shape index (κ1) is 32.9. The molecule has 7 nitrogen and oxygen atoms in total. The second kappa shape index (κ2) is 13.5. The van der Waals surface area contributed by atoms with Crippen LogP contribution in [0.1, 0.15) is 52.6 Å². The van der Waals surface area contributed by atoms with Crippen LogP contribution in [0.3, 0.4) is 0 Å². The molecule has 2 amide bonds. The van der Waals surface area contributed by atoms with E-state index in [-0.39, 0.29) is 6.42 Å². The number of carbonyl (C=O) groups excluding carboxylic acids is 3. The van der Waals surface area contributed by atoms with Gasteiger partial charge < -0.3 is 20.5 Å². The van der Waals surface area contributed by atoms with Crippen molar-refractivity contribution >= 4 is 40.6 Å². The molecular weight excluding hydrogens is 600 g/mol. The van der Waals surface area contributed by atoms with Gasteiger partial charge in [-0.05, 0) is 104 Å². The zero-order chi connectivity index (χ0) is 33.2. The third-order valence-electron chi connectivity index (χ3n) is 8.72. The number of carbonyl (C=O) groups is 3. The highest BCUT2D eigenvalue weighted by Gasteiger charge is 2.56. The summed E-state index contributed by atoms with van der Waals surface area (Å²) in [7, 11) is 0. The standard InChI is InChI=1S/C38H39ClN2O5/c1-22-6-8-24(3)30(18-22)40-36(43)34-32(42)20-38(5,45)35(37(44)41-31-19-23(2)7-9-25(31)4)33(34)27-12-16-29(17-13-27)46-21-26-10-14-28(39)15-11-26/h6-19,33-35,45H,20-21H2,1-5H3,(H,40,43)(H,41,44). The summed E-state index contributed by atoms with van der Waals surface area (Å²) in [5, 5.41) is 18.3. The van der Waals surface area contributed by atoms with Gasteiger partial charge in [0.25, 0.3) is 0 Å². The molecule has 4 aromatic rings. The molecule has 0 spiro atoms. The molecule has 5 rings (SSSR count). The van der Waals surface area contributed by atoms with E-state index in [9.17, 15) is 19.5 Å². The van der Waals surface area contributed by atoms with Gasteiger partial charge in [-0.1, -0.05) is 60.1 Å². The van der Waals surface area contributed by atoms with Gasteiger partial charge in [-0.2, -0.15) is 0 Å². The number of Topliss-reactive ketones (excluding diaryl/α,β-unsaturated/α-hetero) is 1. The van der Waals surface area contributed by atoms with Gasteiger partial charge in [0.1, 0.15) is 24.1 Å². The van der Waals surface area contributed by atoms with E-state index < -0.39 is 41.0 Å². The first-order valence-corrected chi connectivity index (χ1v) is 15.7. The molecule has 1 saturated carbocycles. The number of benzene rings is 4. The molecule has 46 heavy (non-hydrogen) atoms. The van der Waals surface area contributed by atoms with E-state index in [4.69, 9.17) is 16.3 Å². The van der Waals surface area contributed by atoms with E-state index in [1.165, 1.54) is 6.92 Å². The lowest BCUT2D eigenvalue weighted by Gasteiger charge is -2.44. The Morgan fingerprint density at radius 1 is 0.826 bits per heavy atom. The van der Waals surface area contributed by atoms with Gasteiger partial charge in [0.05, 0.1) is 11.5 Å². The Bertz CT molecular complexity index is 1770. The number of anilines is 2. The third kappa shape index (κ3) is 7.33. The van der Waals surface area contributed by atoms with E-state index in [0.717, 1.165) is 27.8 Å². The van der Waals surface area contributed by atoms with Crippen molar-refractivity contribution in [3.8, 4) is 5.75 Å². The Hall–Kier alpha value is -4.46. The minimum atomic E-state index is -1.72. The minimum absolute atomic E-state index is 0.314. The van der Waals surface area contributed by atoms with Gasteiger partial charge >= 0.3 is 0 Å². The Morgan fingerprint density at radius 2 is 1.37 bits per heavy atom. The molecule has 0 aromatic heterocycles. The fraction of sp³-hybridized carbons (Fsp3) is 0.289.